The summed E-state index contributed by atoms with van der Waals surface area (Å²) in [4.78, 5) is 12.6. The number of esters is 1. The van der Waals surface area contributed by atoms with Crippen molar-refractivity contribution in [2.24, 2.45) is 23.7 Å². The van der Waals surface area contributed by atoms with E-state index >= 15 is 0 Å². The van der Waals surface area contributed by atoms with Gasteiger partial charge in [-0.15, -0.1) is 0 Å². The minimum absolute atomic E-state index is 0.00936. The van der Waals surface area contributed by atoms with Gasteiger partial charge in [-0.1, -0.05) is 60.7 Å². The summed E-state index contributed by atoms with van der Waals surface area (Å²) in [5.41, 5.74) is 1.92. The predicted molar refractivity (Wildman–Crippen MR) is 87.9 cm³/mol. The number of hydrogen-bond donors (Lipinski definition) is 0. The molecule has 25 heavy (non-hydrogen) atoms. The molecule has 0 amide bonds. The standard InChI is InChI=1S/C21H18O4/c22-19-16-11-13-12-23-20(14-7-3-1-4-8-14)17(13)18(16)21(24-19,25-20)15-9-5-2-6-10-15/h1-10,13,16-18H,11-12H2. The maximum absolute atomic E-state index is 12.6. The van der Waals surface area contributed by atoms with E-state index in [2.05, 4.69) is 12.1 Å². The van der Waals surface area contributed by atoms with Gasteiger partial charge in [0.15, 0.2) is 0 Å². The molecule has 4 fully saturated rings. The molecule has 0 radical (unpaired) electrons. The zero-order valence-electron chi connectivity index (χ0n) is 13.6. The molecule has 3 heterocycles. The lowest BCUT2D eigenvalue weighted by molar-refractivity contribution is -0.314. The second kappa shape index (κ2) is 4.51. The van der Waals surface area contributed by atoms with Crippen LogP contribution in [0.25, 0.3) is 0 Å². The normalized spacial score (nSPS) is 43.3. The van der Waals surface area contributed by atoms with Gasteiger partial charge in [0.1, 0.15) is 0 Å². The molecule has 6 rings (SSSR count). The van der Waals surface area contributed by atoms with Crippen LogP contribution in [-0.4, -0.2) is 12.6 Å². The average Bonchev–Trinajstić information content (AvgIpc) is 3.35. The summed E-state index contributed by atoms with van der Waals surface area (Å²) in [5.74, 6) is -1.56. The summed E-state index contributed by atoms with van der Waals surface area (Å²) in [6, 6.07) is 20.0. The molecule has 126 valence electrons. The third-order valence-corrected chi connectivity index (χ3v) is 6.48. The van der Waals surface area contributed by atoms with E-state index in [1.807, 2.05) is 48.5 Å². The first-order valence-corrected chi connectivity index (χ1v) is 8.93. The second-order valence-corrected chi connectivity index (χ2v) is 7.56. The van der Waals surface area contributed by atoms with E-state index < -0.39 is 11.6 Å². The van der Waals surface area contributed by atoms with Crippen molar-refractivity contribution >= 4 is 5.97 Å². The lowest BCUT2D eigenvalue weighted by atomic mass is 9.78. The Bertz CT molecular complexity index is 851. The molecule has 3 aliphatic heterocycles. The average molecular weight is 334 g/mol. The summed E-state index contributed by atoms with van der Waals surface area (Å²) in [6.07, 6.45) is 0.834. The highest BCUT2D eigenvalue weighted by Crippen LogP contribution is 2.72. The second-order valence-electron chi connectivity index (χ2n) is 7.56. The predicted octanol–water partition coefficient (Wildman–Crippen LogP) is 3.18. The Labute approximate surface area is 145 Å². The minimum atomic E-state index is -1.03. The fourth-order valence-electron chi connectivity index (χ4n) is 5.64. The molecule has 6 unspecified atom stereocenters. The van der Waals surface area contributed by atoms with E-state index in [4.69, 9.17) is 14.2 Å². The summed E-state index contributed by atoms with van der Waals surface area (Å²) in [7, 11) is 0. The third-order valence-electron chi connectivity index (χ3n) is 6.48. The van der Waals surface area contributed by atoms with Gasteiger partial charge in [0.05, 0.1) is 18.4 Å². The van der Waals surface area contributed by atoms with E-state index in [0.717, 1.165) is 17.5 Å². The summed E-state index contributed by atoms with van der Waals surface area (Å²) >= 11 is 0. The van der Waals surface area contributed by atoms with Gasteiger partial charge in [0, 0.05) is 17.0 Å². The van der Waals surface area contributed by atoms with Crippen LogP contribution in [0.1, 0.15) is 17.5 Å². The largest absolute Gasteiger partial charge is 0.428 e. The van der Waals surface area contributed by atoms with E-state index in [9.17, 15) is 4.79 Å². The van der Waals surface area contributed by atoms with Crippen LogP contribution < -0.4 is 0 Å². The number of hydrogen-bond acceptors (Lipinski definition) is 4. The highest BCUT2D eigenvalue weighted by molar-refractivity contribution is 5.77. The Morgan fingerprint density at radius 3 is 2.16 bits per heavy atom. The maximum Gasteiger partial charge on any atom is 0.312 e. The number of ether oxygens (including phenoxy) is 3. The van der Waals surface area contributed by atoms with Crippen molar-refractivity contribution in [3.8, 4) is 0 Å². The van der Waals surface area contributed by atoms with Crippen molar-refractivity contribution in [3.05, 3.63) is 71.8 Å². The zero-order chi connectivity index (χ0) is 16.6. The fraction of sp³-hybridized carbons (Fsp3) is 0.381. The number of carbonyl (C=O) groups excluding carboxylic acids is 1. The van der Waals surface area contributed by atoms with Gasteiger partial charge < -0.3 is 9.47 Å². The number of benzene rings is 2. The van der Waals surface area contributed by atoms with Crippen molar-refractivity contribution in [2.75, 3.05) is 6.61 Å². The number of carbonyl (C=O) groups is 1. The maximum atomic E-state index is 12.6. The zero-order valence-corrected chi connectivity index (χ0v) is 13.6. The summed E-state index contributed by atoms with van der Waals surface area (Å²) in [6.45, 7) is 0.644. The van der Waals surface area contributed by atoms with Gasteiger partial charge in [-0.25, -0.2) is 0 Å². The van der Waals surface area contributed by atoms with E-state index in [1.54, 1.807) is 0 Å². The van der Waals surface area contributed by atoms with Crippen LogP contribution in [0.4, 0.5) is 0 Å². The molecule has 0 aromatic heterocycles. The van der Waals surface area contributed by atoms with Crippen LogP contribution >= 0.6 is 0 Å². The lowest BCUT2D eigenvalue weighted by Gasteiger charge is -2.33. The highest BCUT2D eigenvalue weighted by Gasteiger charge is 2.79. The van der Waals surface area contributed by atoms with Crippen molar-refractivity contribution < 1.29 is 19.0 Å². The minimum Gasteiger partial charge on any atom is -0.428 e. The van der Waals surface area contributed by atoms with Gasteiger partial charge in [-0.05, 0) is 12.3 Å². The molecular formula is C21H18O4. The smallest absolute Gasteiger partial charge is 0.312 e. The molecule has 4 nitrogen and oxygen atoms in total. The highest BCUT2D eigenvalue weighted by atomic mass is 16.8. The Morgan fingerprint density at radius 2 is 1.48 bits per heavy atom. The van der Waals surface area contributed by atoms with Gasteiger partial charge in [-0.3, -0.25) is 9.53 Å². The first-order chi connectivity index (χ1) is 12.2. The fourth-order valence-corrected chi connectivity index (χ4v) is 5.64. The topological polar surface area (TPSA) is 44.8 Å². The Balaban J connectivity index is 1.58. The quantitative estimate of drug-likeness (QED) is 0.791. The summed E-state index contributed by atoms with van der Waals surface area (Å²) in [5, 5.41) is 0. The van der Waals surface area contributed by atoms with Crippen LogP contribution in [0.2, 0.25) is 0 Å². The molecule has 6 atom stereocenters. The van der Waals surface area contributed by atoms with Crippen LogP contribution in [-0.2, 0) is 30.6 Å². The molecule has 4 heteroatoms. The molecule has 2 aromatic rings. The molecule has 0 spiro atoms. The van der Waals surface area contributed by atoms with Crippen LogP contribution in [0.5, 0.6) is 0 Å². The van der Waals surface area contributed by atoms with Gasteiger partial charge in [0.2, 0.25) is 11.6 Å². The molecule has 3 saturated heterocycles. The Hall–Kier alpha value is -2.17. The third kappa shape index (κ3) is 1.53. The number of rotatable bonds is 2. The molecule has 1 aliphatic carbocycles. The molecule has 4 aliphatic rings. The van der Waals surface area contributed by atoms with Gasteiger partial charge in [-0.2, -0.15) is 0 Å². The first kappa shape index (κ1) is 14.0. The molecule has 0 bridgehead atoms. The van der Waals surface area contributed by atoms with Crippen molar-refractivity contribution in [3.63, 3.8) is 0 Å². The van der Waals surface area contributed by atoms with Crippen molar-refractivity contribution in [1.29, 1.82) is 0 Å². The first-order valence-electron chi connectivity index (χ1n) is 8.93. The van der Waals surface area contributed by atoms with Crippen LogP contribution in [0.3, 0.4) is 0 Å². The molecule has 0 N–H and O–H groups in total. The monoisotopic (exact) mass is 334 g/mol. The van der Waals surface area contributed by atoms with Gasteiger partial charge >= 0.3 is 5.97 Å². The molecular weight excluding hydrogens is 316 g/mol. The lowest BCUT2D eigenvalue weighted by Crippen LogP contribution is -2.36. The SMILES string of the molecule is O=C1OC2(c3ccccc3)OC3(c4ccccc4)OCC4CC1C2C43. The van der Waals surface area contributed by atoms with E-state index in [0.29, 0.717) is 12.5 Å². The molecule has 2 aromatic carbocycles. The van der Waals surface area contributed by atoms with Crippen LogP contribution in [0.15, 0.2) is 60.7 Å². The van der Waals surface area contributed by atoms with Crippen molar-refractivity contribution in [1.82, 2.24) is 0 Å². The van der Waals surface area contributed by atoms with Gasteiger partial charge in [0.25, 0.3) is 0 Å². The van der Waals surface area contributed by atoms with E-state index in [-0.39, 0.29) is 23.7 Å². The van der Waals surface area contributed by atoms with Crippen LogP contribution in [0, 0.1) is 23.7 Å². The summed E-state index contributed by atoms with van der Waals surface area (Å²) < 4.78 is 18.9. The van der Waals surface area contributed by atoms with E-state index in [1.165, 1.54) is 0 Å². The van der Waals surface area contributed by atoms with Crippen molar-refractivity contribution in [2.45, 2.75) is 18.0 Å². The Kier molecular flexibility index (Phi) is 2.53. The Morgan fingerprint density at radius 1 is 0.840 bits per heavy atom. The molecule has 1 saturated carbocycles.